The number of hydrogen-bond acceptors (Lipinski definition) is 7. The lowest BCUT2D eigenvalue weighted by Crippen LogP contribution is -2.29. The molecule has 26 heavy (non-hydrogen) atoms. The molecule has 0 bridgehead atoms. The van der Waals surface area contributed by atoms with E-state index in [4.69, 9.17) is 4.74 Å². The van der Waals surface area contributed by atoms with E-state index in [1.54, 1.807) is 19.2 Å². The summed E-state index contributed by atoms with van der Waals surface area (Å²) < 4.78 is 45.8. The Morgan fingerprint density at radius 1 is 1.23 bits per heavy atom. The predicted octanol–water partition coefficient (Wildman–Crippen LogP) is 1.47. The van der Waals surface area contributed by atoms with Gasteiger partial charge in [-0.05, 0) is 25.1 Å². The molecule has 0 fully saturated rings. The van der Waals surface area contributed by atoms with Crippen LogP contribution in [0.3, 0.4) is 0 Å². The van der Waals surface area contributed by atoms with Gasteiger partial charge >= 0.3 is 0 Å². The number of benzene rings is 1. The van der Waals surface area contributed by atoms with Crippen molar-refractivity contribution >= 4 is 21.5 Å². The van der Waals surface area contributed by atoms with E-state index in [1.165, 1.54) is 12.1 Å². The lowest BCUT2D eigenvalue weighted by atomic mass is 10.3. The molecule has 10 heteroatoms. The Balaban J connectivity index is 1.92. The normalized spacial score (nSPS) is 11.2. The summed E-state index contributed by atoms with van der Waals surface area (Å²) >= 11 is 0. The molecule has 0 saturated heterocycles. The predicted molar refractivity (Wildman–Crippen MR) is 97.6 cm³/mol. The Kier molecular flexibility index (Phi) is 6.70. The van der Waals surface area contributed by atoms with Crippen LogP contribution in [-0.4, -0.2) is 52.4 Å². The van der Waals surface area contributed by atoms with Crippen LogP contribution in [0.1, 0.15) is 6.92 Å². The highest BCUT2D eigenvalue weighted by Crippen LogP contribution is 2.21. The number of nitrogens with one attached hydrogen (secondary N) is 2. The van der Waals surface area contributed by atoms with Gasteiger partial charge in [0, 0.05) is 33.3 Å². The minimum atomic E-state index is -3.82. The van der Waals surface area contributed by atoms with Crippen molar-refractivity contribution in [3.63, 3.8) is 0 Å². The van der Waals surface area contributed by atoms with Crippen molar-refractivity contribution in [2.45, 2.75) is 11.8 Å². The molecule has 0 aliphatic heterocycles. The summed E-state index contributed by atoms with van der Waals surface area (Å²) in [7, 11) is -0.0607. The first kappa shape index (κ1) is 19.9. The van der Waals surface area contributed by atoms with Gasteiger partial charge in [-0.25, -0.2) is 17.5 Å². The number of halogens is 1. The third-order valence-electron chi connectivity index (χ3n) is 3.39. The molecule has 0 saturated carbocycles. The third-order valence-corrected chi connectivity index (χ3v) is 4.85. The average molecular weight is 383 g/mol. The summed E-state index contributed by atoms with van der Waals surface area (Å²) in [6.45, 7) is 2.41. The molecule has 1 aromatic heterocycles. The smallest absolute Gasteiger partial charge is 0.240 e. The first-order chi connectivity index (χ1) is 12.3. The summed E-state index contributed by atoms with van der Waals surface area (Å²) in [5.41, 5.74) is 0.868. The average Bonchev–Trinajstić information content (AvgIpc) is 2.61. The van der Waals surface area contributed by atoms with Gasteiger partial charge in [0.05, 0.1) is 23.4 Å². The Hall–Kier alpha value is -2.46. The molecule has 1 heterocycles. The highest BCUT2D eigenvalue weighted by molar-refractivity contribution is 7.89. The van der Waals surface area contributed by atoms with E-state index in [1.807, 2.05) is 19.0 Å². The molecule has 0 atom stereocenters. The van der Waals surface area contributed by atoms with Crippen molar-refractivity contribution in [1.29, 1.82) is 0 Å². The van der Waals surface area contributed by atoms with Gasteiger partial charge in [0.1, 0.15) is 0 Å². The Morgan fingerprint density at radius 3 is 2.65 bits per heavy atom. The van der Waals surface area contributed by atoms with Crippen molar-refractivity contribution < 1.29 is 17.5 Å². The molecule has 1 aromatic carbocycles. The Bertz CT molecular complexity index is 846. The molecule has 0 amide bonds. The second-order valence-electron chi connectivity index (χ2n) is 5.54. The number of anilines is 2. The minimum absolute atomic E-state index is 0.0208. The maximum Gasteiger partial charge on any atom is 0.240 e. The topological polar surface area (TPSA) is 96.5 Å². The van der Waals surface area contributed by atoms with E-state index in [2.05, 4.69) is 20.2 Å². The number of sulfonamides is 1. The number of hydrogen-bond donors (Lipinski definition) is 2. The monoisotopic (exact) mass is 383 g/mol. The zero-order chi connectivity index (χ0) is 19.2. The van der Waals surface area contributed by atoms with Crippen molar-refractivity contribution in [2.75, 3.05) is 44.0 Å². The highest BCUT2D eigenvalue weighted by Gasteiger charge is 2.16. The van der Waals surface area contributed by atoms with Gasteiger partial charge in [0.2, 0.25) is 10.0 Å². The molecule has 2 aromatic rings. The zero-order valence-electron chi connectivity index (χ0n) is 14.9. The van der Waals surface area contributed by atoms with Gasteiger partial charge in [-0.3, -0.25) is 0 Å². The van der Waals surface area contributed by atoms with Crippen LogP contribution in [0.15, 0.2) is 35.4 Å². The maximum absolute atomic E-state index is 13.8. The SMILES string of the molecule is CCOc1ccc(S(=O)(=O)NCCNc2cc(N(C)C)cnn2)cc1F. The van der Waals surface area contributed by atoms with Crippen LogP contribution in [0.2, 0.25) is 0 Å². The van der Waals surface area contributed by atoms with Gasteiger partial charge < -0.3 is 15.0 Å². The molecule has 8 nitrogen and oxygen atoms in total. The Morgan fingerprint density at radius 2 is 2.00 bits per heavy atom. The largest absolute Gasteiger partial charge is 0.491 e. The molecule has 2 rings (SSSR count). The van der Waals surface area contributed by atoms with E-state index in [0.29, 0.717) is 19.0 Å². The number of rotatable bonds is 9. The summed E-state index contributed by atoms with van der Waals surface area (Å²) in [6.07, 6.45) is 1.62. The quantitative estimate of drug-likeness (QED) is 0.633. The van der Waals surface area contributed by atoms with E-state index >= 15 is 0 Å². The third kappa shape index (κ3) is 5.27. The molecular formula is C16H22FN5O3S. The van der Waals surface area contributed by atoms with Gasteiger partial charge in [0.15, 0.2) is 17.4 Å². The lowest BCUT2D eigenvalue weighted by Gasteiger charge is -2.13. The molecule has 0 aliphatic rings. The first-order valence-electron chi connectivity index (χ1n) is 7.99. The van der Waals surface area contributed by atoms with Gasteiger partial charge in [-0.1, -0.05) is 0 Å². The van der Waals surface area contributed by atoms with Crippen molar-refractivity contribution in [3.8, 4) is 5.75 Å². The molecule has 2 N–H and O–H groups in total. The molecule has 0 spiro atoms. The highest BCUT2D eigenvalue weighted by atomic mass is 32.2. The summed E-state index contributed by atoms with van der Waals surface area (Å²) in [5.74, 6) is -0.168. The van der Waals surface area contributed by atoms with E-state index in [0.717, 1.165) is 11.8 Å². The number of nitrogens with zero attached hydrogens (tertiary/aromatic N) is 3. The number of aromatic nitrogens is 2. The van der Waals surface area contributed by atoms with Gasteiger partial charge in [-0.2, -0.15) is 5.10 Å². The fourth-order valence-corrected chi connectivity index (χ4v) is 3.11. The fourth-order valence-electron chi connectivity index (χ4n) is 2.07. The van der Waals surface area contributed by atoms with Crippen LogP contribution in [0.25, 0.3) is 0 Å². The molecule has 0 aliphatic carbocycles. The van der Waals surface area contributed by atoms with Gasteiger partial charge in [0.25, 0.3) is 0 Å². The minimum Gasteiger partial charge on any atom is -0.491 e. The lowest BCUT2D eigenvalue weighted by molar-refractivity contribution is 0.321. The molecule has 142 valence electrons. The fraction of sp³-hybridized carbons (Fsp3) is 0.375. The van der Waals surface area contributed by atoms with Crippen LogP contribution in [0, 0.1) is 5.82 Å². The van der Waals surface area contributed by atoms with Crippen molar-refractivity contribution in [3.05, 3.63) is 36.3 Å². The number of ether oxygens (including phenoxy) is 1. The summed E-state index contributed by atoms with van der Waals surface area (Å²) in [5, 5.41) is 10.8. The molecular weight excluding hydrogens is 361 g/mol. The van der Waals surface area contributed by atoms with E-state index in [-0.39, 0.29) is 17.2 Å². The van der Waals surface area contributed by atoms with Crippen LogP contribution >= 0.6 is 0 Å². The van der Waals surface area contributed by atoms with Crippen molar-refractivity contribution in [1.82, 2.24) is 14.9 Å². The molecule has 0 unspecified atom stereocenters. The molecule has 0 radical (unpaired) electrons. The van der Waals surface area contributed by atoms with Crippen LogP contribution in [0.4, 0.5) is 15.9 Å². The summed E-state index contributed by atoms with van der Waals surface area (Å²) in [6, 6.07) is 5.33. The standard InChI is InChI=1S/C16H22FN5O3S/c1-4-25-15-6-5-13(10-14(15)17)26(23,24)20-8-7-18-16-9-12(22(2)3)11-19-21-16/h5-6,9-11,20H,4,7-8H2,1-3H3,(H,18,21). The first-order valence-corrected chi connectivity index (χ1v) is 9.47. The zero-order valence-corrected chi connectivity index (χ0v) is 15.7. The second kappa shape index (κ2) is 8.77. The van der Waals surface area contributed by atoms with Crippen LogP contribution in [-0.2, 0) is 10.0 Å². The second-order valence-corrected chi connectivity index (χ2v) is 7.31. The van der Waals surface area contributed by atoms with Crippen LogP contribution < -0.4 is 19.7 Å². The van der Waals surface area contributed by atoms with E-state index < -0.39 is 15.8 Å². The van der Waals surface area contributed by atoms with Gasteiger partial charge in [-0.15, -0.1) is 5.10 Å². The van der Waals surface area contributed by atoms with Crippen LogP contribution in [0.5, 0.6) is 5.75 Å². The van der Waals surface area contributed by atoms with Crippen molar-refractivity contribution in [2.24, 2.45) is 0 Å². The van der Waals surface area contributed by atoms with E-state index in [9.17, 15) is 12.8 Å². The maximum atomic E-state index is 13.8. The Labute approximate surface area is 152 Å². The summed E-state index contributed by atoms with van der Waals surface area (Å²) in [4.78, 5) is 1.72.